The number of aromatic nitrogens is 4. The number of rotatable bonds is 5. The highest BCUT2D eigenvalue weighted by molar-refractivity contribution is 5.19. The van der Waals surface area contributed by atoms with Crippen molar-refractivity contribution in [2.45, 2.75) is 32.5 Å². The van der Waals surface area contributed by atoms with E-state index in [1.54, 1.807) is 18.5 Å². The van der Waals surface area contributed by atoms with Crippen LogP contribution >= 0.6 is 0 Å². The van der Waals surface area contributed by atoms with Crippen molar-refractivity contribution in [2.24, 2.45) is 7.05 Å². The van der Waals surface area contributed by atoms with Gasteiger partial charge in [0.05, 0.1) is 24.6 Å². The Kier molecular flexibility index (Phi) is 4.23. The Hall–Kier alpha value is -2.67. The van der Waals surface area contributed by atoms with E-state index >= 15 is 0 Å². The highest BCUT2D eigenvalue weighted by Crippen LogP contribution is 2.25. The van der Waals surface area contributed by atoms with E-state index in [0.717, 1.165) is 36.7 Å². The monoisotopic (exact) mass is 339 g/mol. The third-order valence-electron chi connectivity index (χ3n) is 4.55. The Labute approximate surface area is 146 Å². The molecule has 3 aromatic rings. The van der Waals surface area contributed by atoms with Crippen molar-refractivity contribution in [3.8, 4) is 6.01 Å². The van der Waals surface area contributed by atoms with Gasteiger partial charge >= 0.3 is 6.01 Å². The molecule has 0 bridgehead atoms. The lowest BCUT2D eigenvalue weighted by Gasteiger charge is -2.34. The van der Waals surface area contributed by atoms with Crippen molar-refractivity contribution in [3.05, 3.63) is 59.8 Å². The standard InChI is InChI=1S/C18H21N5O2/c1-13-4-5-15(25-13)9-23-10-16-17(22(2)12-21-16)8-14(23)11-24-18-19-6-3-7-20-18/h3-7,12,14H,8-11H2,1-2H3/t14-/m1/s1. The molecule has 0 saturated carbocycles. The molecule has 0 amide bonds. The topological polar surface area (TPSA) is 69.2 Å². The van der Waals surface area contributed by atoms with Gasteiger partial charge in [-0.25, -0.2) is 15.0 Å². The normalized spacial score (nSPS) is 17.4. The van der Waals surface area contributed by atoms with Crippen molar-refractivity contribution in [1.82, 2.24) is 24.4 Å². The second-order valence-corrected chi connectivity index (χ2v) is 6.37. The van der Waals surface area contributed by atoms with Gasteiger partial charge in [0.2, 0.25) is 0 Å². The van der Waals surface area contributed by atoms with Crippen molar-refractivity contribution < 1.29 is 9.15 Å². The van der Waals surface area contributed by atoms with Crippen LogP contribution in [0.2, 0.25) is 0 Å². The fraction of sp³-hybridized carbons (Fsp3) is 0.389. The summed E-state index contributed by atoms with van der Waals surface area (Å²) >= 11 is 0. The number of furan rings is 1. The van der Waals surface area contributed by atoms with Gasteiger partial charge in [-0.1, -0.05) is 0 Å². The first-order valence-corrected chi connectivity index (χ1v) is 8.37. The average Bonchev–Trinajstić information content (AvgIpc) is 3.19. The molecule has 3 aromatic heterocycles. The van der Waals surface area contributed by atoms with Crippen LogP contribution in [0.3, 0.4) is 0 Å². The summed E-state index contributed by atoms with van der Waals surface area (Å²) in [6, 6.07) is 6.42. The van der Waals surface area contributed by atoms with Crippen molar-refractivity contribution in [2.75, 3.05) is 6.61 Å². The van der Waals surface area contributed by atoms with Gasteiger partial charge in [-0.2, -0.15) is 0 Å². The maximum atomic E-state index is 5.83. The van der Waals surface area contributed by atoms with Gasteiger partial charge in [0.25, 0.3) is 0 Å². The first-order chi connectivity index (χ1) is 12.2. The molecule has 1 aliphatic heterocycles. The van der Waals surface area contributed by atoms with Crippen LogP contribution in [0.25, 0.3) is 0 Å². The van der Waals surface area contributed by atoms with Crippen molar-refractivity contribution >= 4 is 0 Å². The highest BCUT2D eigenvalue weighted by atomic mass is 16.5. The summed E-state index contributed by atoms with van der Waals surface area (Å²) in [4.78, 5) is 15.2. The molecule has 0 saturated heterocycles. The molecular weight excluding hydrogens is 318 g/mol. The molecule has 7 nitrogen and oxygen atoms in total. The molecule has 0 aromatic carbocycles. The van der Waals surface area contributed by atoms with Crippen LogP contribution in [0, 0.1) is 6.92 Å². The fourth-order valence-electron chi connectivity index (χ4n) is 3.22. The molecule has 25 heavy (non-hydrogen) atoms. The van der Waals surface area contributed by atoms with E-state index in [0.29, 0.717) is 12.6 Å². The summed E-state index contributed by atoms with van der Waals surface area (Å²) in [5.74, 6) is 1.88. The smallest absolute Gasteiger partial charge is 0.316 e. The van der Waals surface area contributed by atoms with Crippen LogP contribution in [-0.4, -0.2) is 37.1 Å². The molecule has 0 radical (unpaired) electrons. The summed E-state index contributed by atoms with van der Waals surface area (Å²) in [6.07, 6.45) is 6.12. The predicted octanol–water partition coefficient (Wildman–Crippen LogP) is 2.12. The molecule has 4 rings (SSSR count). The summed E-state index contributed by atoms with van der Waals surface area (Å²) < 4.78 is 13.7. The summed E-state index contributed by atoms with van der Waals surface area (Å²) in [5.41, 5.74) is 2.38. The van der Waals surface area contributed by atoms with Crippen LogP contribution in [0.15, 0.2) is 41.3 Å². The van der Waals surface area contributed by atoms with Crippen LogP contribution in [0.5, 0.6) is 6.01 Å². The Morgan fingerprint density at radius 1 is 1.24 bits per heavy atom. The summed E-state index contributed by atoms with van der Waals surface area (Å²) in [7, 11) is 2.04. The minimum Gasteiger partial charge on any atom is -0.465 e. The van der Waals surface area contributed by atoms with E-state index in [1.807, 2.05) is 32.4 Å². The number of hydrogen-bond donors (Lipinski definition) is 0. The quantitative estimate of drug-likeness (QED) is 0.709. The number of aryl methyl sites for hydroxylation is 2. The molecule has 4 heterocycles. The molecule has 0 aliphatic carbocycles. The lowest BCUT2D eigenvalue weighted by Crippen LogP contribution is -2.44. The fourth-order valence-corrected chi connectivity index (χ4v) is 3.22. The second-order valence-electron chi connectivity index (χ2n) is 6.37. The molecule has 7 heteroatoms. The molecule has 0 fully saturated rings. The maximum Gasteiger partial charge on any atom is 0.316 e. The maximum absolute atomic E-state index is 5.83. The molecular formula is C18H21N5O2. The van der Waals surface area contributed by atoms with Gasteiger partial charge in [-0.15, -0.1) is 0 Å². The van der Waals surface area contributed by atoms with E-state index in [1.165, 1.54) is 5.69 Å². The summed E-state index contributed by atoms with van der Waals surface area (Å²) in [6.45, 7) is 3.99. The number of imidazole rings is 1. The SMILES string of the molecule is Cc1ccc(CN2Cc3ncn(C)c3C[C@@H]2COc2ncccn2)o1. The van der Waals surface area contributed by atoms with Crippen molar-refractivity contribution in [1.29, 1.82) is 0 Å². The molecule has 0 unspecified atom stereocenters. The van der Waals surface area contributed by atoms with Gasteiger partial charge in [-0.3, -0.25) is 4.90 Å². The average molecular weight is 339 g/mol. The van der Waals surface area contributed by atoms with Crippen LogP contribution < -0.4 is 4.74 Å². The lowest BCUT2D eigenvalue weighted by atomic mass is 10.0. The van der Waals surface area contributed by atoms with Gasteiger partial charge in [0.1, 0.15) is 18.1 Å². The van der Waals surface area contributed by atoms with Crippen LogP contribution in [-0.2, 0) is 26.6 Å². The molecule has 1 atom stereocenters. The Morgan fingerprint density at radius 3 is 2.84 bits per heavy atom. The zero-order valence-electron chi connectivity index (χ0n) is 14.4. The van der Waals surface area contributed by atoms with E-state index < -0.39 is 0 Å². The molecule has 1 aliphatic rings. The molecule has 0 spiro atoms. The zero-order valence-corrected chi connectivity index (χ0v) is 14.4. The van der Waals surface area contributed by atoms with Gasteiger partial charge in [0.15, 0.2) is 0 Å². The van der Waals surface area contributed by atoms with Crippen molar-refractivity contribution in [3.63, 3.8) is 0 Å². The number of ether oxygens (including phenoxy) is 1. The minimum atomic E-state index is 0.206. The molecule has 0 N–H and O–H groups in total. The molecule has 130 valence electrons. The predicted molar refractivity (Wildman–Crippen MR) is 90.9 cm³/mol. The third-order valence-corrected chi connectivity index (χ3v) is 4.55. The number of nitrogens with zero attached hydrogens (tertiary/aromatic N) is 5. The van der Waals surface area contributed by atoms with Gasteiger partial charge < -0.3 is 13.7 Å². The van der Waals surface area contributed by atoms with E-state index in [4.69, 9.17) is 9.15 Å². The van der Waals surface area contributed by atoms with Crippen LogP contribution in [0.4, 0.5) is 0 Å². The first-order valence-electron chi connectivity index (χ1n) is 8.37. The Bertz CT molecular complexity index is 842. The Balaban J connectivity index is 1.52. The van der Waals surface area contributed by atoms with Crippen LogP contribution in [0.1, 0.15) is 22.9 Å². The summed E-state index contributed by atoms with van der Waals surface area (Å²) in [5, 5.41) is 0. The van der Waals surface area contributed by atoms with E-state index in [-0.39, 0.29) is 6.04 Å². The highest BCUT2D eigenvalue weighted by Gasteiger charge is 2.30. The minimum absolute atomic E-state index is 0.206. The Morgan fingerprint density at radius 2 is 2.08 bits per heavy atom. The first kappa shape index (κ1) is 15.8. The number of hydrogen-bond acceptors (Lipinski definition) is 6. The van der Waals surface area contributed by atoms with Gasteiger partial charge in [-0.05, 0) is 25.1 Å². The van der Waals surface area contributed by atoms with E-state index in [9.17, 15) is 0 Å². The van der Waals surface area contributed by atoms with E-state index in [2.05, 4.69) is 24.4 Å². The lowest BCUT2D eigenvalue weighted by molar-refractivity contribution is 0.0952. The second kappa shape index (κ2) is 6.68. The largest absolute Gasteiger partial charge is 0.465 e. The van der Waals surface area contributed by atoms with Gasteiger partial charge in [0, 0.05) is 38.1 Å². The third kappa shape index (κ3) is 3.41. The zero-order chi connectivity index (χ0) is 17.2. The number of fused-ring (bicyclic) bond motifs is 1.